The molecule has 0 radical (unpaired) electrons. The van der Waals surface area contributed by atoms with Gasteiger partial charge in [0.15, 0.2) is 0 Å². The minimum Gasteiger partial charge on any atom is -0.478 e. The van der Waals surface area contributed by atoms with Crippen LogP contribution in [0.5, 0.6) is 0 Å². The molecule has 0 heterocycles. The molecule has 0 aromatic heterocycles. The SMILES string of the molecule is C=CCCOCCNC(=O)NC(=O)/C(C)=C(\C)C(=O)O. The number of hydrogen-bond donors (Lipinski definition) is 3. The van der Waals surface area contributed by atoms with E-state index in [4.69, 9.17) is 9.84 Å². The van der Waals surface area contributed by atoms with Gasteiger partial charge in [0.2, 0.25) is 0 Å². The van der Waals surface area contributed by atoms with Gasteiger partial charge >= 0.3 is 12.0 Å². The van der Waals surface area contributed by atoms with Gasteiger partial charge in [-0.25, -0.2) is 9.59 Å². The number of carbonyl (C=O) groups is 3. The molecule has 0 bridgehead atoms. The summed E-state index contributed by atoms with van der Waals surface area (Å²) >= 11 is 0. The minimum absolute atomic E-state index is 0.0186. The highest BCUT2D eigenvalue weighted by Crippen LogP contribution is 2.02. The Balaban J connectivity index is 4.03. The molecule has 0 saturated heterocycles. The van der Waals surface area contributed by atoms with Gasteiger partial charge in [-0.15, -0.1) is 6.58 Å². The zero-order valence-electron chi connectivity index (χ0n) is 11.7. The van der Waals surface area contributed by atoms with Crippen LogP contribution in [0.25, 0.3) is 0 Å². The van der Waals surface area contributed by atoms with E-state index < -0.39 is 17.9 Å². The third-order valence-electron chi connectivity index (χ3n) is 2.45. The topological polar surface area (TPSA) is 105 Å². The Morgan fingerprint density at radius 1 is 1.20 bits per heavy atom. The van der Waals surface area contributed by atoms with Crippen LogP contribution in [-0.2, 0) is 14.3 Å². The molecule has 0 rings (SSSR count). The summed E-state index contributed by atoms with van der Waals surface area (Å²) in [4.78, 5) is 33.6. The van der Waals surface area contributed by atoms with Crippen molar-refractivity contribution < 1.29 is 24.2 Å². The van der Waals surface area contributed by atoms with Crippen LogP contribution in [0.1, 0.15) is 20.3 Å². The minimum atomic E-state index is -1.20. The number of amides is 3. The van der Waals surface area contributed by atoms with E-state index >= 15 is 0 Å². The molecule has 112 valence electrons. The fourth-order valence-electron chi connectivity index (χ4n) is 1.08. The van der Waals surface area contributed by atoms with Gasteiger partial charge in [0.1, 0.15) is 0 Å². The van der Waals surface area contributed by atoms with Crippen molar-refractivity contribution >= 4 is 17.9 Å². The number of aliphatic carboxylic acids is 1. The number of carboxylic acid groups (broad SMARTS) is 1. The zero-order chi connectivity index (χ0) is 15.5. The number of urea groups is 1. The predicted molar refractivity (Wildman–Crippen MR) is 73.2 cm³/mol. The van der Waals surface area contributed by atoms with E-state index in [0.29, 0.717) is 13.2 Å². The second-order valence-corrected chi connectivity index (χ2v) is 3.95. The lowest BCUT2D eigenvalue weighted by Crippen LogP contribution is -2.41. The molecule has 0 unspecified atom stereocenters. The number of hydrogen-bond acceptors (Lipinski definition) is 4. The van der Waals surface area contributed by atoms with E-state index in [9.17, 15) is 14.4 Å². The second kappa shape index (κ2) is 9.74. The molecule has 7 heteroatoms. The molecule has 0 aliphatic carbocycles. The average Bonchev–Trinajstić information content (AvgIpc) is 2.40. The lowest BCUT2D eigenvalue weighted by atomic mass is 10.1. The average molecular weight is 284 g/mol. The van der Waals surface area contributed by atoms with Crippen LogP contribution in [0.4, 0.5) is 4.79 Å². The number of carbonyl (C=O) groups excluding carboxylic acids is 2. The van der Waals surface area contributed by atoms with Crippen molar-refractivity contribution in [1.82, 2.24) is 10.6 Å². The van der Waals surface area contributed by atoms with Gasteiger partial charge in [-0.3, -0.25) is 10.1 Å². The highest BCUT2D eigenvalue weighted by molar-refractivity contribution is 6.07. The standard InChI is InChI=1S/C13H20N2O5/c1-4-5-7-20-8-6-14-13(19)15-11(16)9(2)10(3)12(17)18/h4H,1,5-8H2,2-3H3,(H,17,18)(H2,14,15,16,19)/b10-9+. The van der Waals surface area contributed by atoms with E-state index in [1.54, 1.807) is 6.08 Å². The molecule has 0 fully saturated rings. The molecular weight excluding hydrogens is 264 g/mol. The van der Waals surface area contributed by atoms with Crippen LogP contribution in [-0.4, -0.2) is 42.8 Å². The Morgan fingerprint density at radius 2 is 1.85 bits per heavy atom. The van der Waals surface area contributed by atoms with Crippen LogP contribution >= 0.6 is 0 Å². The number of ether oxygens (including phenoxy) is 1. The maximum atomic E-state index is 11.5. The molecule has 0 atom stereocenters. The highest BCUT2D eigenvalue weighted by Gasteiger charge is 2.14. The summed E-state index contributed by atoms with van der Waals surface area (Å²) in [7, 11) is 0. The molecule has 20 heavy (non-hydrogen) atoms. The number of imide groups is 1. The van der Waals surface area contributed by atoms with E-state index in [1.807, 2.05) is 5.32 Å². The number of carboxylic acids is 1. The summed E-state index contributed by atoms with van der Waals surface area (Å²) in [5.74, 6) is -1.94. The van der Waals surface area contributed by atoms with E-state index in [-0.39, 0.29) is 17.7 Å². The van der Waals surface area contributed by atoms with Crippen LogP contribution in [0.15, 0.2) is 23.8 Å². The molecule has 0 aliphatic rings. The Labute approximate surface area is 117 Å². The summed E-state index contributed by atoms with van der Waals surface area (Å²) in [6, 6.07) is -0.695. The summed E-state index contributed by atoms with van der Waals surface area (Å²) in [6.45, 7) is 7.26. The summed E-state index contributed by atoms with van der Waals surface area (Å²) in [5, 5.41) is 13.2. The van der Waals surface area contributed by atoms with Crippen molar-refractivity contribution in [2.24, 2.45) is 0 Å². The van der Waals surface area contributed by atoms with Crippen molar-refractivity contribution in [1.29, 1.82) is 0 Å². The van der Waals surface area contributed by atoms with Crippen LogP contribution in [0, 0.1) is 0 Å². The molecule has 0 saturated carbocycles. The Kier molecular flexibility index (Phi) is 8.69. The first-order valence-corrected chi connectivity index (χ1v) is 6.08. The normalized spacial score (nSPS) is 11.3. The summed E-state index contributed by atoms with van der Waals surface area (Å²) in [6.07, 6.45) is 2.45. The van der Waals surface area contributed by atoms with Crippen molar-refractivity contribution in [2.75, 3.05) is 19.8 Å². The lowest BCUT2D eigenvalue weighted by molar-refractivity contribution is -0.133. The maximum absolute atomic E-state index is 11.5. The second-order valence-electron chi connectivity index (χ2n) is 3.95. The van der Waals surface area contributed by atoms with Crippen molar-refractivity contribution in [3.8, 4) is 0 Å². The molecule has 3 amide bonds. The van der Waals surface area contributed by atoms with Gasteiger partial charge in [-0.2, -0.15) is 0 Å². The molecule has 0 aromatic carbocycles. The quantitative estimate of drug-likeness (QED) is 0.348. The number of rotatable bonds is 8. The van der Waals surface area contributed by atoms with Gasteiger partial charge in [-0.1, -0.05) is 6.08 Å². The first-order chi connectivity index (χ1) is 9.40. The fraction of sp³-hybridized carbons (Fsp3) is 0.462. The van der Waals surface area contributed by atoms with Gasteiger partial charge in [0, 0.05) is 17.7 Å². The van der Waals surface area contributed by atoms with Gasteiger partial charge in [0.05, 0.1) is 13.2 Å². The predicted octanol–water partition coefficient (Wildman–Crippen LogP) is 0.826. The maximum Gasteiger partial charge on any atom is 0.331 e. The van der Waals surface area contributed by atoms with E-state index in [1.165, 1.54) is 13.8 Å². The molecule has 7 nitrogen and oxygen atoms in total. The molecular formula is C13H20N2O5. The summed E-state index contributed by atoms with van der Waals surface area (Å²) in [5.41, 5.74) is -0.127. The monoisotopic (exact) mass is 284 g/mol. The van der Waals surface area contributed by atoms with Gasteiger partial charge in [-0.05, 0) is 20.3 Å². The van der Waals surface area contributed by atoms with Crippen LogP contribution < -0.4 is 10.6 Å². The van der Waals surface area contributed by atoms with E-state index in [0.717, 1.165) is 6.42 Å². The van der Waals surface area contributed by atoms with Crippen molar-refractivity contribution in [3.05, 3.63) is 23.8 Å². The van der Waals surface area contributed by atoms with Crippen molar-refractivity contribution in [2.45, 2.75) is 20.3 Å². The fourth-order valence-corrected chi connectivity index (χ4v) is 1.08. The zero-order valence-corrected chi connectivity index (χ0v) is 11.7. The summed E-state index contributed by atoms with van der Waals surface area (Å²) < 4.78 is 5.16. The van der Waals surface area contributed by atoms with Crippen LogP contribution in [0.3, 0.4) is 0 Å². The molecule has 0 aromatic rings. The third-order valence-corrected chi connectivity index (χ3v) is 2.45. The Hall–Kier alpha value is -2.15. The first-order valence-electron chi connectivity index (χ1n) is 6.08. The molecule has 0 spiro atoms. The van der Waals surface area contributed by atoms with Crippen LogP contribution in [0.2, 0.25) is 0 Å². The molecule has 3 N–H and O–H groups in total. The van der Waals surface area contributed by atoms with Gasteiger partial charge in [0.25, 0.3) is 5.91 Å². The third kappa shape index (κ3) is 7.32. The van der Waals surface area contributed by atoms with Crippen molar-refractivity contribution in [3.63, 3.8) is 0 Å². The smallest absolute Gasteiger partial charge is 0.331 e. The highest BCUT2D eigenvalue weighted by atomic mass is 16.5. The largest absolute Gasteiger partial charge is 0.478 e. The van der Waals surface area contributed by atoms with E-state index in [2.05, 4.69) is 11.9 Å². The van der Waals surface area contributed by atoms with Gasteiger partial charge < -0.3 is 15.2 Å². The number of nitrogens with one attached hydrogen (secondary N) is 2. The molecule has 0 aliphatic heterocycles. The Morgan fingerprint density at radius 3 is 2.40 bits per heavy atom. The Bertz CT molecular complexity index is 415. The first kappa shape index (κ1) is 17.8. The lowest BCUT2D eigenvalue weighted by Gasteiger charge is -2.08.